The first-order valence-corrected chi connectivity index (χ1v) is 9.33. The molecule has 0 saturated heterocycles. The van der Waals surface area contributed by atoms with Gasteiger partial charge in [0, 0.05) is 16.6 Å². The van der Waals surface area contributed by atoms with Crippen molar-refractivity contribution in [1.29, 1.82) is 0 Å². The third-order valence-corrected chi connectivity index (χ3v) is 4.84. The highest BCUT2D eigenvalue weighted by Crippen LogP contribution is 2.11. The van der Waals surface area contributed by atoms with E-state index >= 15 is 0 Å². The first-order valence-electron chi connectivity index (χ1n) is 8.53. The first kappa shape index (κ1) is 18.7. The predicted octanol–water partition coefficient (Wildman–Crippen LogP) is 2.73. The van der Waals surface area contributed by atoms with E-state index in [4.69, 9.17) is 0 Å². The van der Waals surface area contributed by atoms with Crippen LogP contribution in [0.25, 0.3) is 0 Å². The average molecular weight is 390 g/mol. The topological polar surface area (TPSA) is 33.5 Å². The normalized spacial score (nSPS) is 10.8. The Morgan fingerprint density at radius 2 is 1.62 bits per heavy atom. The molecule has 0 atom stereocenters. The van der Waals surface area contributed by atoms with Crippen LogP contribution in [0.3, 0.4) is 0 Å². The molecule has 2 rings (SSSR count). The van der Waals surface area contributed by atoms with Crippen molar-refractivity contribution in [2.45, 2.75) is 33.4 Å². The van der Waals surface area contributed by atoms with Gasteiger partial charge in [-0.3, -0.25) is 4.79 Å². The highest BCUT2D eigenvalue weighted by molar-refractivity contribution is 9.10. The van der Waals surface area contributed by atoms with Gasteiger partial charge >= 0.3 is 0 Å². The van der Waals surface area contributed by atoms with Crippen molar-refractivity contribution < 1.29 is 9.69 Å². The maximum absolute atomic E-state index is 12.2. The Morgan fingerprint density at radius 1 is 1.00 bits per heavy atom. The Labute approximate surface area is 153 Å². The van der Waals surface area contributed by atoms with E-state index in [0.29, 0.717) is 13.0 Å². The first-order chi connectivity index (χ1) is 11.6. The highest BCUT2D eigenvalue weighted by atomic mass is 79.9. The Morgan fingerprint density at radius 3 is 2.25 bits per heavy atom. The number of nitrogens with one attached hydrogen (secondary N) is 2. The molecule has 0 radical (unpaired) electrons. The summed E-state index contributed by atoms with van der Waals surface area (Å²) < 4.78 is 1.03. The number of halogens is 1. The summed E-state index contributed by atoms with van der Waals surface area (Å²) in [4.78, 5) is 13.7. The Kier molecular flexibility index (Phi) is 7.47. The quantitative estimate of drug-likeness (QED) is 0.714. The lowest BCUT2D eigenvalue weighted by Crippen LogP contribution is -3.10. The van der Waals surface area contributed by atoms with Gasteiger partial charge in [0.15, 0.2) is 0 Å². The molecule has 0 aliphatic carbocycles. The molecule has 0 fully saturated rings. The van der Waals surface area contributed by atoms with Crippen molar-refractivity contribution >= 4 is 21.8 Å². The second-order valence-electron chi connectivity index (χ2n) is 5.98. The molecule has 3 nitrogen and oxygen atoms in total. The van der Waals surface area contributed by atoms with E-state index in [1.165, 1.54) is 11.1 Å². The second-order valence-corrected chi connectivity index (χ2v) is 6.90. The van der Waals surface area contributed by atoms with Gasteiger partial charge in [-0.05, 0) is 37.1 Å². The summed E-state index contributed by atoms with van der Waals surface area (Å²) in [6, 6.07) is 16.3. The molecule has 0 aliphatic heterocycles. The van der Waals surface area contributed by atoms with Crippen molar-refractivity contribution in [3.05, 3.63) is 69.7 Å². The van der Waals surface area contributed by atoms with Gasteiger partial charge in [-0.15, -0.1) is 0 Å². The zero-order valence-electron chi connectivity index (χ0n) is 14.4. The third kappa shape index (κ3) is 5.77. The van der Waals surface area contributed by atoms with Crippen LogP contribution in [0.5, 0.6) is 0 Å². The Balaban J connectivity index is 1.93. The van der Waals surface area contributed by atoms with Crippen molar-refractivity contribution in [2.24, 2.45) is 0 Å². The van der Waals surface area contributed by atoms with Crippen LogP contribution in [0.2, 0.25) is 0 Å². The van der Waals surface area contributed by atoms with E-state index in [0.717, 1.165) is 29.7 Å². The van der Waals surface area contributed by atoms with Crippen molar-refractivity contribution in [3.63, 3.8) is 0 Å². The number of quaternary nitrogens is 1. The summed E-state index contributed by atoms with van der Waals surface area (Å²) in [5.41, 5.74) is 3.55. The Hall–Kier alpha value is -1.65. The molecular weight excluding hydrogens is 364 g/mol. The molecule has 4 heteroatoms. The SMILES string of the molecule is CC[NH+](CC)Cc1ccccc1CNC(=O)Cc1ccc(Br)cc1. The second kappa shape index (κ2) is 9.60. The van der Waals surface area contributed by atoms with E-state index in [2.05, 4.69) is 53.3 Å². The molecule has 2 N–H and O–H groups in total. The van der Waals surface area contributed by atoms with Crippen LogP contribution < -0.4 is 10.2 Å². The third-order valence-electron chi connectivity index (χ3n) is 4.31. The summed E-state index contributed by atoms with van der Waals surface area (Å²) >= 11 is 3.41. The molecule has 24 heavy (non-hydrogen) atoms. The van der Waals surface area contributed by atoms with E-state index < -0.39 is 0 Å². The fourth-order valence-electron chi connectivity index (χ4n) is 2.72. The van der Waals surface area contributed by atoms with Crippen LogP contribution >= 0.6 is 15.9 Å². The molecule has 0 unspecified atom stereocenters. The number of amides is 1. The largest absolute Gasteiger partial charge is 0.352 e. The van der Waals surface area contributed by atoms with Gasteiger partial charge in [0.25, 0.3) is 0 Å². The van der Waals surface area contributed by atoms with Gasteiger partial charge < -0.3 is 10.2 Å². The summed E-state index contributed by atoms with van der Waals surface area (Å²) in [5, 5.41) is 3.05. The van der Waals surface area contributed by atoms with Gasteiger partial charge in [-0.2, -0.15) is 0 Å². The summed E-state index contributed by atoms with van der Waals surface area (Å²) in [5.74, 6) is 0.0577. The molecule has 128 valence electrons. The maximum atomic E-state index is 12.2. The lowest BCUT2D eigenvalue weighted by molar-refractivity contribution is -0.910. The van der Waals surface area contributed by atoms with E-state index in [1.54, 1.807) is 4.90 Å². The summed E-state index contributed by atoms with van der Waals surface area (Å²) in [6.07, 6.45) is 0.413. The van der Waals surface area contributed by atoms with Crippen LogP contribution in [0.15, 0.2) is 53.0 Å². The molecule has 0 bridgehead atoms. The maximum Gasteiger partial charge on any atom is 0.224 e. The lowest BCUT2D eigenvalue weighted by atomic mass is 10.1. The van der Waals surface area contributed by atoms with Crippen molar-refractivity contribution in [2.75, 3.05) is 13.1 Å². The minimum absolute atomic E-state index is 0.0577. The number of rotatable bonds is 8. The Bertz CT molecular complexity index is 651. The number of hydrogen-bond donors (Lipinski definition) is 2. The standard InChI is InChI=1S/C20H25BrN2O/c1-3-23(4-2)15-18-8-6-5-7-17(18)14-22-20(24)13-16-9-11-19(21)12-10-16/h5-12H,3-4,13-15H2,1-2H3,(H,22,24)/p+1. The minimum atomic E-state index is 0.0577. The predicted molar refractivity (Wildman–Crippen MR) is 102 cm³/mol. The van der Waals surface area contributed by atoms with E-state index in [-0.39, 0.29) is 5.91 Å². The smallest absolute Gasteiger partial charge is 0.224 e. The van der Waals surface area contributed by atoms with Gasteiger partial charge in [-0.25, -0.2) is 0 Å². The molecular formula is C20H26BrN2O+. The monoisotopic (exact) mass is 389 g/mol. The van der Waals surface area contributed by atoms with E-state index in [1.807, 2.05) is 30.3 Å². The van der Waals surface area contributed by atoms with Gasteiger partial charge in [-0.1, -0.05) is 52.3 Å². The molecule has 0 aliphatic rings. The minimum Gasteiger partial charge on any atom is -0.352 e. The van der Waals surface area contributed by atoms with Crippen LogP contribution in [0.1, 0.15) is 30.5 Å². The van der Waals surface area contributed by atoms with Crippen molar-refractivity contribution in [1.82, 2.24) is 5.32 Å². The van der Waals surface area contributed by atoms with Gasteiger partial charge in [0.1, 0.15) is 6.54 Å². The molecule has 0 heterocycles. The number of carbonyl (C=O) groups is 1. The molecule has 0 aromatic heterocycles. The van der Waals surface area contributed by atoms with Crippen LogP contribution in [0, 0.1) is 0 Å². The molecule has 2 aromatic carbocycles. The molecule has 1 amide bonds. The summed E-state index contributed by atoms with van der Waals surface area (Å²) in [7, 11) is 0. The number of hydrogen-bond acceptors (Lipinski definition) is 1. The lowest BCUT2D eigenvalue weighted by Gasteiger charge is -2.18. The zero-order chi connectivity index (χ0) is 17.4. The van der Waals surface area contributed by atoms with E-state index in [9.17, 15) is 4.79 Å². The van der Waals surface area contributed by atoms with Crippen LogP contribution in [0.4, 0.5) is 0 Å². The molecule has 0 spiro atoms. The highest BCUT2D eigenvalue weighted by Gasteiger charge is 2.10. The van der Waals surface area contributed by atoms with Crippen molar-refractivity contribution in [3.8, 4) is 0 Å². The molecule has 0 saturated carbocycles. The zero-order valence-corrected chi connectivity index (χ0v) is 16.0. The van der Waals surface area contributed by atoms with Gasteiger partial charge in [0.2, 0.25) is 5.91 Å². The van der Waals surface area contributed by atoms with Crippen LogP contribution in [-0.4, -0.2) is 19.0 Å². The molecule has 2 aromatic rings. The fourth-order valence-corrected chi connectivity index (χ4v) is 2.98. The average Bonchev–Trinajstić information content (AvgIpc) is 2.60. The number of carbonyl (C=O) groups excluding carboxylic acids is 1. The van der Waals surface area contributed by atoms with Gasteiger partial charge in [0.05, 0.1) is 19.5 Å². The van der Waals surface area contributed by atoms with Crippen LogP contribution in [-0.2, 0) is 24.3 Å². The number of benzene rings is 2. The fraction of sp³-hybridized carbons (Fsp3) is 0.350. The summed E-state index contributed by atoms with van der Waals surface area (Å²) in [6.45, 7) is 8.24.